The van der Waals surface area contributed by atoms with E-state index >= 15 is 0 Å². The van der Waals surface area contributed by atoms with Gasteiger partial charge in [0.2, 0.25) is 0 Å². The molecule has 2 amide bonds. The van der Waals surface area contributed by atoms with Crippen molar-refractivity contribution in [2.24, 2.45) is 0 Å². The number of nitrogens with zero attached hydrogens (tertiary/aromatic N) is 1. The van der Waals surface area contributed by atoms with Gasteiger partial charge in [0.25, 0.3) is 11.8 Å². The van der Waals surface area contributed by atoms with Crippen molar-refractivity contribution >= 4 is 23.2 Å². The summed E-state index contributed by atoms with van der Waals surface area (Å²) in [6.07, 6.45) is 3.09. The van der Waals surface area contributed by atoms with Crippen LogP contribution in [-0.2, 0) is 0 Å². The predicted molar refractivity (Wildman–Crippen MR) is 97.8 cm³/mol. The zero-order chi connectivity index (χ0) is 17.6. The van der Waals surface area contributed by atoms with Gasteiger partial charge in [-0.1, -0.05) is 18.2 Å². The van der Waals surface area contributed by atoms with E-state index in [0.29, 0.717) is 16.8 Å². The van der Waals surface area contributed by atoms with E-state index in [2.05, 4.69) is 15.6 Å². The van der Waals surface area contributed by atoms with Crippen LogP contribution < -0.4 is 10.6 Å². The molecule has 3 rings (SSSR count). The Morgan fingerprint density at radius 3 is 2.12 bits per heavy atom. The summed E-state index contributed by atoms with van der Waals surface area (Å²) >= 11 is 0. The van der Waals surface area contributed by atoms with E-state index in [0.717, 1.165) is 11.3 Å². The first kappa shape index (κ1) is 16.4. The number of amides is 2. The molecule has 0 aliphatic carbocycles. The summed E-state index contributed by atoms with van der Waals surface area (Å²) in [6, 6.07) is 17.7. The Hall–Kier alpha value is -3.47. The van der Waals surface area contributed by atoms with E-state index in [1.54, 1.807) is 42.6 Å². The summed E-state index contributed by atoms with van der Waals surface area (Å²) in [6.45, 7) is 1.96. The molecule has 0 spiro atoms. The first-order chi connectivity index (χ1) is 12.1. The minimum atomic E-state index is -0.274. The quantitative estimate of drug-likeness (QED) is 0.762. The summed E-state index contributed by atoms with van der Waals surface area (Å²) in [4.78, 5) is 28.5. The third-order valence-corrected chi connectivity index (χ3v) is 3.58. The van der Waals surface area contributed by atoms with Gasteiger partial charge < -0.3 is 10.6 Å². The smallest absolute Gasteiger partial charge is 0.257 e. The number of nitrogens with one attached hydrogen (secondary N) is 2. The first-order valence-electron chi connectivity index (χ1n) is 7.81. The number of carbonyl (C=O) groups excluding carboxylic acids is 2. The second-order valence-electron chi connectivity index (χ2n) is 5.60. The Morgan fingerprint density at radius 2 is 1.44 bits per heavy atom. The van der Waals surface area contributed by atoms with Crippen LogP contribution in [0.4, 0.5) is 11.4 Å². The third kappa shape index (κ3) is 4.29. The number of rotatable bonds is 4. The molecular weight excluding hydrogens is 314 g/mol. The highest BCUT2D eigenvalue weighted by molar-refractivity contribution is 6.07. The maximum Gasteiger partial charge on any atom is 0.257 e. The number of hydrogen-bond donors (Lipinski definition) is 2. The monoisotopic (exact) mass is 331 g/mol. The number of aryl methyl sites for hydroxylation is 1. The van der Waals surface area contributed by atoms with Crippen LogP contribution in [-0.4, -0.2) is 16.8 Å². The maximum absolute atomic E-state index is 12.4. The van der Waals surface area contributed by atoms with Crippen molar-refractivity contribution in [1.82, 2.24) is 4.98 Å². The maximum atomic E-state index is 12.4. The van der Waals surface area contributed by atoms with Crippen molar-refractivity contribution in [2.45, 2.75) is 6.92 Å². The molecule has 0 fully saturated rings. The van der Waals surface area contributed by atoms with Gasteiger partial charge in [-0.25, -0.2) is 0 Å². The van der Waals surface area contributed by atoms with E-state index in [1.165, 1.54) is 6.20 Å². The zero-order valence-electron chi connectivity index (χ0n) is 13.7. The highest BCUT2D eigenvalue weighted by Gasteiger charge is 2.10. The van der Waals surface area contributed by atoms with Crippen molar-refractivity contribution in [2.75, 3.05) is 10.6 Å². The number of anilines is 2. The van der Waals surface area contributed by atoms with E-state index in [9.17, 15) is 9.59 Å². The molecule has 1 heterocycles. The van der Waals surface area contributed by atoms with Crippen LogP contribution in [0.15, 0.2) is 73.1 Å². The molecule has 25 heavy (non-hydrogen) atoms. The normalized spacial score (nSPS) is 10.1. The van der Waals surface area contributed by atoms with Gasteiger partial charge in [0.1, 0.15) is 0 Å². The van der Waals surface area contributed by atoms with Crippen LogP contribution >= 0.6 is 0 Å². The second-order valence-corrected chi connectivity index (χ2v) is 5.60. The molecule has 5 heteroatoms. The minimum Gasteiger partial charge on any atom is -0.322 e. The number of carbonyl (C=O) groups is 2. The summed E-state index contributed by atoms with van der Waals surface area (Å²) in [5, 5.41) is 5.62. The third-order valence-electron chi connectivity index (χ3n) is 3.58. The molecule has 0 saturated carbocycles. The molecule has 2 aromatic carbocycles. The van der Waals surface area contributed by atoms with Crippen molar-refractivity contribution in [1.29, 1.82) is 0 Å². The van der Waals surface area contributed by atoms with Crippen molar-refractivity contribution in [3.8, 4) is 0 Å². The molecule has 0 bridgehead atoms. The lowest BCUT2D eigenvalue weighted by molar-refractivity contribution is 0.101. The van der Waals surface area contributed by atoms with Crippen LogP contribution in [0.1, 0.15) is 26.3 Å². The standard InChI is InChI=1S/C20H17N3O2/c1-14-5-2-8-17(11-14)22-19(24)15-6-3-9-18(12-15)23-20(25)16-7-4-10-21-13-16/h2-13H,1H3,(H,22,24)(H,23,25). The number of benzene rings is 2. The minimum absolute atomic E-state index is 0.233. The molecule has 2 N–H and O–H groups in total. The Morgan fingerprint density at radius 1 is 0.800 bits per heavy atom. The molecular formula is C20H17N3O2. The highest BCUT2D eigenvalue weighted by atomic mass is 16.2. The van der Waals surface area contributed by atoms with Crippen LogP contribution in [0, 0.1) is 6.92 Å². The summed E-state index contributed by atoms with van der Waals surface area (Å²) < 4.78 is 0. The molecule has 3 aromatic rings. The fraction of sp³-hybridized carbons (Fsp3) is 0.0500. The lowest BCUT2D eigenvalue weighted by Crippen LogP contribution is -2.14. The molecule has 5 nitrogen and oxygen atoms in total. The Kier molecular flexibility index (Phi) is 4.85. The van der Waals surface area contributed by atoms with E-state index in [-0.39, 0.29) is 11.8 Å². The van der Waals surface area contributed by atoms with Gasteiger partial charge in [-0.15, -0.1) is 0 Å². The zero-order valence-corrected chi connectivity index (χ0v) is 13.7. The largest absolute Gasteiger partial charge is 0.322 e. The van der Waals surface area contributed by atoms with Crippen molar-refractivity contribution in [3.63, 3.8) is 0 Å². The number of aromatic nitrogens is 1. The van der Waals surface area contributed by atoms with Gasteiger partial charge in [0, 0.05) is 29.3 Å². The highest BCUT2D eigenvalue weighted by Crippen LogP contribution is 2.15. The van der Waals surface area contributed by atoms with Crippen LogP contribution in [0.3, 0.4) is 0 Å². The molecule has 1 aromatic heterocycles. The summed E-state index contributed by atoms with van der Waals surface area (Å²) in [7, 11) is 0. The number of pyridine rings is 1. The average molecular weight is 331 g/mol. The predicted octanol–water partition coefficient (Wildman–Crippen LogP) is 3.89. The number of hydrogen-bond acceptors (Lipinski definition) is 3. The molecule has 0 aliphatic rings. The van der Waals surface area contributed by atoms with Crippen LogP contribution in [0.5, 0.6) is 0 Å². The van der Waals surface area contributed by atoms with Crippen LogP contribution in [0.25, 0.3) is 0 Å². The summed E-state index contributed by atoms with van der Waals surface area (Å²) in [5.74, 6) is -0.507. The van der Waals surface area contributed by atoms with Gasteiger partial charge in [0.15, 0.2) is 0 Å². The van der Waals surface area contributed by atoms with Crippen LogP contribution in [0.2, 0.25) is 0 Å². The Labute approximate surface area is 145 Å². The lowest BCUT2D eigenvalue weighted by atomic mass is 10.1. The Bertz CT molecular complexity index is 908. The molecule has 0 radical (unpaired) electrons. The van der Waals surface area contributed by atoms with Crippen molar-refractivity contribution in [3.05, 3.63) is 89.7 Å². The van der Waals surface area contributed by atoms with Crippen molar-refractivity contribution < 1.29 is 9.59 Å². The SMILES string of the molecule is Cc1cccc(NC(=O)c2cccc(NC(=O)c3cccnc3)c2)c1. The molecule has 0 unspecified atom stereocenters. The van der Waals surface area contributed by atoms with Gasteiger partial charge in [-0.3, -0.25) is 14.6 Å². The molecule has 0 saturated heterocycles. The van der Waals surface area contributed by atoms with Gasteiger partial charge >= 0.3 is 0 Å². The van der Waals surface area contributed by atoms with Gasteiger partial charge in [-0.05, 0) is 55.0 Å². The van der Waals surface area contributed by atoms with E-state index in [1.807, 2.05) is 31.2 Å². The van der Waals surface area contributed by atoms with Gasteiger partial charge in [-0.2, -0.15) is 0 Å². The fourth-order valence-electron chi connectivity index (χ4n) is 2.36. The second kappa shape index (κ2) is 7.40. The topological polar surface area (TPSA) is 71.1 Å². The fourth-order valence-corrected chi connectivity index (χ4v) is 2.36. The molecule has 0 atom stereocenters. The average Bonchev–Trinajstić information content (AvgIpc) is 2.62. The lowest BCUT2D eigenvalue weighted by Gasteiger charge is -2.09. The van der Waals surface area contributed by atoms with Gasteiger partial charge in [0.05, 0.1) is 5.56 Å². The molecule has 124 valence electrons. The Balaban J connectivity index is 1.72. The first-order valence-corrected chi connectivity index (χ1v) is 7.81. The van der Waals surface area contributed by atoms with E-state index < -0.39 is 0 Å². The summed E-state index contributed by atoms with van der Waals surface area (Å²) in [5.41, 5.74) is 3.26. The van der Waals surface area contributed by atoms with E-state index in [4.69, 9.17) is 0 Å². The molecule has 0 aliphatic heterocycles.